The minimum absolute atomic E-state index is 0.720. The van der Waals surface area contributed by atoms with Gasteiger partial charge in [0, 0.05) is 23.0 Å². The number of nitrogens with one attached hydrogen (secondary N) is 1. The van der Waals surface area contributed by atoms with Gasteiger partial charge in [-0.2, -0.15) is 0 Å². The van der Waals surface area contributed by atoms with E-state index >= 15 is 0 Å². The molecule has 1 N–H and O–H groups in total. The number of aryl methyl sites for hydroxylation is 2. The lowest BCUT2D eigenvalue weighted by atomic mass is 9.98. The summed E-state index contributed by atoms with van der Waals surface area (Å²) in [6.07, 6.45) is 6.54. The van der Waals surface area contributed by atoms with Gasteiger partial charge in [-0.3, -0.25) is 0 Å². The van der Waals surface area contributed by atoms with E-state index in [2.05, 4.69) is 31.0 Å². The van der Waals surface area contributed by atoms with Crippen molar-refractivity contribution in [3.8, 4) is 0 Å². The van der Waals surface area contributed by atoms with Gasteiger partial charge in [0.25, 0.3) is 0 Å². The van der Waals surface area contributed by atoms with Crippen molar-refractivity contribution in [2.24, 2.45) is 0 Å². The normalized spacial score (nSPS) is 30.1. The number of aromatic nitrogens is 1. The van der Waals surface area contributed by atoms with Gasteiger partial charge in [0.15, 0.2) is 5.13 Å². The van der Waals surface area contributed by atoms with Gasteiger partial charge in [0.1, 0.15) is 0 Å². The number of fused-ring (bicyclic) bond motifs is 2. The first kappa shape index (κ1) is 13.4. The third-order valence-electron chi connectivity index (χ3n) is 4.65. The van der Waals surface area contributed by atoms with Crippen LogP contribution in [0, 0.1) is 13.8 Å². The summed E-state index contributed by atoms with van der Waals surface area (Å²) in [4.78, 5) is 8.80. The topological polar surface area (TPSA) is 28.2 Å². The van der Waals surface area contributed by atoms with Crippen LogP contribution in [0.5, 0.6) is 0 Å². The fourth-order valence-corrected chi connectivity index (χ4v) is 4.62. The van der Waals surface area contributed by atoms with Crippen LogP contribution in [0.3, 0.4) is 0 Å². The molecular formula is C15H25N3S. The number of anilines is 1. The molecule has 0 saturated carbocycles. The van der Waals surface area contributed by atoms with Crippen LogP contribution in [-0.2, 0) is 0 Å². The summed E-state index contributed by atoms with van der Waals surface area (Å²) in [5, 5.41) is 4.99. The molecule has 0 radical (unpaired) electrons. The van der Waals surface area contributed by atoms with E-state index in [0.717, 1.165) is 18.1 Å². The van der Waals surface area contributed by atoms with E-state index in [1.165, 1.54) is 54.4 Å². The number of thiazole rings is 1. The van der Waals surface area contributed by atoms with Crippen molar-refractivity contribution in [3.63, 3.8) is 0 Å². The summed E-state index contributed by atoms with van der Waals surface area (Å²) in [6, 6.07) is 2.17. The molecule has 4 heteroatoms. The Bertz CT molecular complexity index is 409. The van der Waals surface area contributed by atoms with Crippen molar-refractivity contribution in [2.45, 2.75) is 71.0 Å². The molecule has 0 aromatic carbocycles. The Morgan fingerprint density at radius 1 is 1.26 bits per heavy atom. The molecule has 2 atom stereocenters. The molecule has 2 unspecified atom stereocenters. The van der Waals surface area contributed by atoms with E-state index in [1.807, 2.05) is 11.3 Å². The monoisotopic (exact) mass is 279 g/mol. The highest BCUT2D eigenvalue weighted by atomic mass is 32.1. The van der Waals surface area contributed by atoms with Crippen LogP contribution in [0.1, 0.15) is 49.6 Å². The predicted octanol–water partition coefficient (Wildman–Crippen LogP) is 3.26. The van der Waals surface area contributed by atoms with Crippen LogP contribution in [0.25, 0.3) is 0 Å². The largest absolute Gasteiger partial charge is 0.342 e. The summed E-state index contributed by atoms with van der Waals surface area (Å²) in [5.74, 6) is 0. The maximum absolute atomic E-state index is 4.79. The summed E-state index contributed by atoms with van der Waals surface area (Å²) in [7, 11) is 0. The Morgan fingerprint density at radius 3 is 2.47 bits per heavy atom. The molecule has 2 bridgehead atoms. The molecule has 106 valence electrons. The Kier molecular flexibility index (Phi) is 3.81. The second-order valence-electron chi connectivity index (χ2n) is 6.05. The SMILES string of the molecule is CCCNC1CC2CCC(C1)N2c1nc(C)c(C)s1. The molecule has 19 heavy (non-hydrogen) atoms. The number of rotatable bonds is 4. The van der Waals surface area contributed by atoms with Crippen LogP contribution in [-0.4, -0.2) is 29.7 Å². The molecule has 2 fully saturated rings. The van der Waals surface area contributed by atoms with Crippen LogP contribution < -0.4 is 10.2 Å². The molecule has 1 aromatic rings. The van der Waals surface area contributed by atoms with Crippen LogP contribution in [0.4, 0.5) is 5.13 Å². The fraction of sp³-hybridized carbons (Fsp3) is 0.800. The zero-order valence-corrected chi connectivity index (χ0v) is 13.1. The molecule has 2 aliphatic rings. The van der Waals surface area contributed by atoms with Gasteiger partial charge in [0.05, 0.1) is 5.69 Å². The van der Waals surface area contributed by atoms with Gasteiger partial charge in [-0.15, -0.1) is 11.3 Å². The smallest absolute Gasteiger partial charge is 0.186 e. The van der Waals surface area contributed by atoms with Gasteiger partial charge in [-0.1, -0.05) is 6.92 Å². The third kappa shape index (κ3) is 2.52. The van der Waals surface area contributed by atoms with Gasteiger partial charge in [0.2, 0.25) is 0 Å². The van der Waals surface area contributed by atoms with Gasteiger partial charge >= 0.3 is 0 Å². The highest BCUT2D eigenvalue weighted by molar-refractivity contribution is 7.15. The van der Waals surface area contributed by atoms with Crippen molar-refractivity contribution in [3.05, 3.63) is 10.6 Å². The van der Waals surface area contributed by atoms with Gasteiger partial charge in [-0.25, -0.2) is 4.98 Å². The first-order valence-corrected chi connectivity index (χ1v) is 8.46. The summed E-state index contributed by atoms with van der Waals surface area (Å²) >= 11 is 1.88. The fourth-order valence-electron chi connectivity index (χ4n) is 3.57. The Morgan fingerprint density at radius 2 is 1.95 bits per heavy atom. The average molecular weight is 279 g/mol. The van der Waals surface area contributed by atoms with Crippen LogP contribution >= 0.6 is 11.3 Å². The zero-order valence-electron chi connectivity index (χ0n) is 12.3. The highest BCUT2D eigenvalue weighted by Crippen LogP contribution is 2.41. The van der Waals surface area contributed by atoms with Crippen LogP contribution in [0.15, 0.2) is 0 Å². The Hall–Kier alpha value is -0.610. The molecular weight excluding hydrogens is 254 g/mol. The number of piperidine rings is 1. The molecule has 3 rings (SSSR count). The second-order valence-corrected chi connectivity index (χ2v) is 7.23. The molecule has 0 spiro atoms. The van der Waals surface area contributed by atoms with Gasteiger partial charge in [-0.05, 0) is 52.5 Å². The van der Waals surface area contributed by atoms with Crippen molar-refractivity contribution in [1.29, 1.82) is 0 Å². The molecule has 0 amide bonds. The van der Waals surface area contributed by atoms with Crippen molar-refractivity contribution in [2.75, 3.05) is 11.4 Å². The van der Waals surface area contributed by atoms with E-state index in [-0.39, 0.29) is 0 Å². The Balaban J connectivity index is 1.72. The molecule has 1 aromatic heterocycles. The second kappa shape index (κ2) is 5.41. The lowest BCUT2D eigenvalue weighted by Gasteiger charge is -2.39. The first-order chi connectivity index (χ1) is 9.19. The third-order valence-corrected chi connectivity index (χ3v) is 5.74. The number of hydrogen-bond donors (Lipinski definition) is 1. The van der Waals surface area contributed by atoms with E-state index in [0.29, 0.717) is 0 Å². The molecule has 3 heterocycles. The van der Waals surface area contributed by atoms with Crippen LogP contribution in [0.2, 0.25) is 0 Å². The molecule has 2 saturated heterocycles. The van der Waals surface area contributed by atoms with E-state index in [1.54, 1.807) is 0 Å². The van der Waals surface area contributed by atoms with E-state index in [9.17, 15) is 0 Å². The first-order valence-electron chi connectivity index (χ1n) is 7.64. The maximum Gasteiger partial charge on any atom is 0.186 e. The molecule has 3 nitrogen and oxygen atoms in total. The van der Waals surface area contributed by atoms with Crippen molar-refractivity contribution < 1.29 is 0 Å². The Labute approximate surface area is 120 Å². The maximum atomic E-state index is 4.79. The van der Waals surface area contributed by atoms with Crippen molar-refractivity contribution >= 4 is 16.5 Å². The summed E-state index contributed by atoms with van der Waals surface area (Å²) < 4.78 is 0. The minimum Gasteiger partial charge on any atom is -0.342 e. The van der Waals surface area contributed by atoms with Crippen molar-refractivity contribution in [1.82, 2.24) is 10.3 Å². The summed E-state index contributed by atoms with van der Waals surface area (Å²) in [5.41, 5.74) is 1.21. The highest BCUT2D eigenvalue weighted by Gasteiger charge is 2.41. The quantitative estimate of drug-likeness (QED) is 0.917. The predicted molar refractivity (Wildman–Crippen MR) is 82.2 cm³/mol. The number of hydrogen-bond acceptors (Lipinski definition) is 4. The van der Waals surface area contributed by atoms with E-state index in [4.69, 9.17) is 4.98 Å². The lowest BCUT2D eigenvalue weighted by Crippen LogP contribution is -2.49. The lowest BCUT2D eigenvalue weighted by molar-refractivity contribution is 0.356. The van der Waals surface area contributed by atoms with Gasteiger partial charge < -0.3 is 10.2 Å². The standard InChI is InChI=1S/C15H25N3S/c1-4-7-16-12-8-13-5-6-14(9-12)18(13)15-17-10(2)11(3)19-15/h12-14,16H,4-9H2,1-3H3. The number of nitrogens with zero attached hydrogens (tertiary/aromatic N) is 2. The molecule has 2 aliphatic heterocycles. The van der Waals surface area contributed by atoms with E-state index < -0.39 is 0 Å². The zero-order chi connectivity index (χ0) is 13.4. The summed E-state index contributed by atoms with van der Waals surface area (Å²) in [6.45, 7) is 7.73. The minimum atomic E-state index is 0.720. The average Bonchev–Trinajstić information content (AvgIpc) is 2.85. The molecule has 0 aliphatic carbocycles.